The van der Waals surface area contributed by atoms with Crippen molar-refractivity contribution in [3.63, 3.8) is 0 Å². The number of ether oxygens (including phenoxy) is 1. The van der Waals surface area contributed by atoms with Gasteiger partial charge in [0.2, 0.25) is 0 Å². The highest BCUT2D eigenvalue weighted by atomic mass is 16.5. The van der Waals surface area contributed by atoms with Crippen LogP contribution in [0.3, 0.4) is 0 Å². The molecular formula is C28H33NO3. The van der Waals surface area contributed by atoms with Crippen LogP contribution in [0.25, 0.3) is 10.8 Å². The first kappa shape index (κ1) is 23.5. The largest absolute Gasteiger partial charge is 0.461 e. The van der Waals surface area contributed by atoms with Crippen LogP contribution in [0.15, 0.2) is 60.7 Å². The molecule has 0 radical (unpaired) electrons. The highest BCUT2D eigenvalue weighted by Crippen LogP contribution is 2.32. The summed E-state index contributed by atoms with van der Waals surface area (Å²) in [5, 5.41) is 5.50. The third kappa shape index (κ3) is 5.18. The van der Waals surface area contributed by atoms with Crippen LogP contribution in [-0.2, 0) is 9.53 Å². The van der Waals surface area contributed by atoms with Crippen molar-refractivity contribution in [2.24, 2.45) is 5.92 Å². The molecular weight excluding hydrogens is 398 g/mol. The minimum atomic E-state index is -1.19. The van der Waals surface area contributed by atoms with Crippen LogP contribution in [0.2, 0.25) is 0 Å². The molecule has 0 fully saturated rings. The molecule has 0 saturated heterocycles. The third-order valence-electron chi connectivity index (χ3n) is 5.79. The van der Waals surface area contributed by atoms with Crippen molar-refractivity contribution >= 4 is 28.2 Å². The molecule has 3 aromatic rings. The summed E-state index contributed by atoms with van der Waals surface area (Å²) in [5.41, 5.74) is 2.38. The van der Waals surface area contributed by atoms with Gasteiger partial charge in [-0.3, -0.25) is 4.79 Å². The summed E-state index contributed by atoms with van der Waals surface area (Å²) < 4.78 is 5.66. The molecule has 0 heterocycles. The Morgan fingerprint density at radius 3 is 2.09 bits per heavy atom. The van der Waals surface area contributed by atoms with Gasteiger partial charge in [-0.25, -0.2) is 4.79 Å². The van der Waals surface area contributed by atoms with E-state index in [2.05, 4.69) is 11.4 Å². The fourth-order valence-corrected chi connectivity index (χ4v) is 4.09. The molecule has 0 bridgehead atoms. The maximum absolute atomic E-state index is 13.5. The molecule has 0 saturated carbocycles. The van der Waals surface area contributed by atoms with Crippen LogP contribution in [-0.4, -0.2) is 23.4 Å². The van der Waals surface area contributed by atoms with E-state index >= 15 is 0 Å². The number of carbonyl (C=O) groups is 2. The molecule has 0 spiro atoms. The van der Waals surface area contributed by atoms with E-state index in [1.165, 1.54) is 0 Å². The number of ketones is 1. The van der Waals surface area contributed by atoms with Gasteiger partial charge in [0.15, 0.2) is 5.78 Å². The van der Waals surface area contributed by atoms with Crippen LogP contribution >= 0.6 is 0 Å². The Bertz CT molecular complexity index is 1110. The minimum absolute atomic E-state index is 0.00154. The summed E-state index contributed by atoms with van der Waals surface area (Å²) in [5.74, 6) is -0.684. The van der Waals surface area contributed by atoms with E-state index in [0.717, 1.165) is 27.6 Å². The maximum atomic E-state index is 13.5. The zero-order valence-electron chi connectivity index (χ0n) is 19.9. The molecule has 1 atom stereocenters. The van der Waals surface area contributed by atoms with Crippen molar-refractivity contribution in [2.75, 3.05) is 5.32 Å². The SMILES string of the molecule is Cc1cc(C)cc(NC(CC(=O)c2ccc3ccccc3c2)(C(=O)OC(C)C)C(C)C)c1. The number of fused-ring (bicyclic) bond motifs is 1. The molecule has 1 N–H and O–H groups in total. The molecule has 0 aromatic heterocycles. The lowest BCUT2D eigenvalue weighted by Crippen LogP contribution is -2.54. The lowest BCUT2D eigenvalue weighted by Gasteiger charge is -2.37. The second kappa shape index (κ2) is 9.56. The molecule has 4 heteroatoms. The topological polar surface area (TPSA) is 55.4 Å². The van der Waals surface area contributed by atoms with Crippen LogP contribution in [0.4, 0.5) is 5.69 Å². The Morgan fingerprint density at radius 2 is 1.50 bits per heavy atom. The van der Waals surface area contributed by atoms with Crippen LogP contribution < -0.4 is 5.32 Å². The number of aryl methyl sites for hydroxylation is 2. The van der Waals surface area contributed by atoms with E-state index < -0.39 is 11.5 Å². The first-order chi connectivity index (χ1) is 15.1. The number of rotatable bonds is 8. The van der Waals surface area contributed by atoms with Crippen LogP contribution in [0.1, 0.15) is 55.6 Å². The Balaban J connectivity index is 2.02. The summed E-state index contributed by atoms with van der Waals surface area (Å²) in [7, 11) is 0. The monoisotopic (exact) mass is 431 g/mol. The second-order valence-corrected chi connectivity index (χ2v) is 9.24. The Labute approximate surface area is 191 Å². The van der Waals surface area contributed by atoms with Crippen LogP contribution in [0, 0.1) is 19.8 Å². The smallest absolute Gasteiger partial charge is 0.332 e. The zero-order valence-corrected chi connectivity index (χ0v) is 19.9. The van der Waals surface area contributed by atoms with Gasteiger partial charge in [-0.2, -0.15) is 0 Å². The molecule has 0 aliphatic carbocycles. The maximum Gasteiger partial charge on any atom is 0.332 e. The van der Waals surface area contributed by atoms with Gasteiger partial charge in [-0.05, 0) is 73.7 Å². The van der Waals surface area contributed by atoms with Crippen molar-refractivity contribution in [1.29, 1.82) is 0 Å². The van der Waals surface area contributed by atoms with Gasteiger partial charge in [-0.1, -0.05) is 56.3 Å². The number of esters is 1. The Hall–Kier alpha value is -3.14. The first-order valence-electron chi connectivity index (χ1n) is 11.2. The molecule has 32 heavy (non-hydrogen) atoms. The molecule has 3 rings (SSSR count). The molecule has 4 nitrogen and oxygen atoms in total. The summed E-state index contributed by atoms with van der Waals surface area (Å²) >= 11 is 0. The van der Waals surface area contributed by atoms with Gasteiger partial charge >= 0.3 is 5.97 Å². The fourth-order valence-electron chi connectivity index (χ4n) is 4.09. The first-order valence-corrected chi connectivity index (χ1v) is 11.2. The number of carbonyl (C=O) groups excluding carboxylic acids is 2. The summed E-state index contributed by atoms with van der Waals surface area (Å²) in [6, 6.07) is 19.7. The third-order valence-corrected chi connectivity index (χ3v) is 5.79. The van der Waals surface area contributed by atoms with E-state index in [0.29, 0.717) is 5.56 Å². The lowest BCUT2D eigenvalue weighted by molar-refractivity contribution is -0.154. The second-order valence-electron chi connectivity index (χ2n) is 9.24. The predicted octanol–water partition coefficient (Wildman–Crippen LogP) is 6.49. The highest BCUT2D eigenvalue weighted by Gasteiger charge is 2.45. The predicted molar refractivity (Wildman–Crippen MR) is 131 cm³/mol. The van der Waals surface area contributed by atoms with Crippen molar-refractivity contribution in [3.05, 3.63) is 77.4 Å². The Kier molecular flexibility index (Phi) is 7.02. The van der Waals surface area contributed by atoms with Crippen molar-refractivity contribution in [1.82, 2.24) is 0 Å². The lowest BCUT2D eigenvalue weighted by atomic mass is 9.80. The molecule has 168 valence electrons. The van der Waals surface area contributed by atoms with Gasteiger partial charge in [-0.15, -0.1) is 0 Å². The minimum Gasteiger partial charge on any atom is -0.461 e. The number of Topliss-reactive ketones (excluding diaryl/α,β-unsaturated/α-hetero) is 1. The number of nitrogens with one attached hydrogen (secondary N) is 1. The van der Waals surface area contributed by atoms with Crippen molar-refractivity contribution in [2.45, 2.75) is 59.6 Å². The van der Waals surface area contributed by atoms with Crippen molar-refractivity contribution < 1.29 is 14.3 Å². The summed E-state index contributed by atoms with van der Waals surface area (Å²) in [4.78, 5) is 26.9. The molecule has 0 amide bonds. The van der Waals surface area contributed by atoms with Gasteiger partial charge in [0.25, 0.3) is 0 Å². The van der Waals surface area contributed by atoms with E-state index in [4.69, 9.17) is 4.74 Å². The highest BCUT2D eigenvalue weighted by molar-refractivity contribution is 6.03. The van der Waals surface area contributed by atoms with Crippen molar-refractivity contribution in [3.8, 4) is 0 Å². The van der Waals surface area contributed by atoms with E-state index in [-0.39, 0.29) is 24.2 Å². The number of anilines is 1. The summed E-state index contributed by atoms with van der Waals surface area (Å²) in [6.07, 6.45) is -0.279. The standard InChI is InChI=1S/C28H33NO3/c1-18(2)28(27(31)32-19(3)4,29-25-14-20(5)13-21(6)15-25)17-26(30)24-12-11-22-9-7-8-10-23(22)16-24/h7-16,18-19,29H,17H2,1-6H3. The average molecular weight is 432 g/mol. The average Bonchev–Trinajstić information content (AvgIpc) is 2.71. The zero-order chi connectivity index (χ0) is 23.5. The molecule has 0 aliphatic rings. The number of hydrogen-bond acceptors (Lipinski definition) is 4. The quantitative estimate of drug-likeness (QED) is 0.327. The Morgan fingerprint density at radius 1 is 0.875 bits per heavy atom. The van der Waals surface area contributed by atoms with Crippen LogP contribution in [0.5, 0.6) is 0 Å². The van der Waals surface area contributed by atoms with E-state index in [1.807, 2.05) is 96.1 Å². The summed E-state index contributed by atoms with van der Waals surface area (Å²) in [6.45, 7) is 11.6. The fraction of sp³-hybridized carbons (Fsp3) is 0.357. The molecule has 1 unspecified atom stereocenters. The number of benzene rings is 3. The van der Waals surface area contributed by atoms with Gasteiger partial charge < -0.3 is 10.1 Å². The normalized spacial score (nSPS) is 13.2. The van der Waals surface area contributed by atoms with E-state index in [1.54, 1.807) is 0 Å². The molecule has 0 aliphatic heterocycles. The van der Waals surface area contributed by atoms with Gasteiger partial charge in [0.1, 0.15) is 5.54 Å². The van der Waals surface area contributed by atoms with E-state index in [9.17, 15) is 9.59 Å². The number of hydrogen-bond donors (Lipinski definition) is 1. The van der Waals surface area contributed by atoms with Gasteiger partial charge in [0.05, 0.1) is 6.10 Å². The molecule has 3 aromatic carbocycles. The van der Waals surface area contributed by atoms with Gasteiger partial charge in [0, 0.05) is 17.7 Å².